The van der Waals surface area contributed by atoms with E-state index >= 15 is 0 Å². The highest BCUT2D eigenvalue weighted by Crippen LogP contribution is 2.46. The topological polar surface area (TPSA) is 66.9 Å². The summed E-state index contributed by atoms with van der Waals surface area (Å²) in [5.41, 5.74) is 5.12. The quantitative estimate of drug-likeness (QED) is 0.389. The molecule has 2 aliphatic heterocycles. The van der Waals surface area contributed by atoms with Crippen LogP contribution in [0, 0.1) is 0 Å². The van der Waals surface area contributed by atoms with Gasteiger partial charge in [-0.3, -0.25) is 14.9 Å². The number of hydrogen-bond donors (Lipinski definition) is 2. The summed E-state index contributed by atoms with van der Waals surface area (Å²) in [6.45, 7) is 0.875. The van der Waals surface area contributed by atoms with E-state index in [0.29, 0.717) is 11.1 Å². The van der Waals surface area contributed by atoms with Crippen LogP contribution in [-0.4, -0.2) is 27.1 Å². The highest BCUT2D eigenvalue weighted by molar-refractivity contribution is 7.99. The van der Waals surface area contributed by atoms with E-state index in [4.69, 9.17) is 0 Å². The molecule has 5 nitrogen and oxygen atoms in total. The Morgan fingerprint density at radius 1 is 0.857 bits per heavy atom. The number of carbonyl (C=O) groups excluding carboxylic acids is 2. The number of aryl methyl sites for hydroxylation is 1. The summed E-state index contributed by atoms with van der Waals surface area (Å²) >= 11 is 1.84. The van der Waals surface area contributed by atoms with Gasteiger partial charge >= 0.3 is 0 Å². The van der Waals surface area contributed by atoms with Gasteiger partial charge in [-0.05, 0) is 12.1 Å². The number of aromatic amines is 1. The van der Waals surface area contributed by atoms with Crippen molar-refractivity contribution in [2.45, 2.75) is 11.4 Å². The van der Waals surface area contributed by atoms with Crippen LogP contribution in [0.5, 0.6) is 0 Å². The summed E-state index contributed by atoms with van der Waals surface area (Å²) in [5.74, 6) is 0.381. The van der Waals surface area contributed by atoms with Gasteiger partial charge < -0.3 is 9.55 Å². The molecule has 0 unspecified atom stereocenters. The lowest BCUT2D eigenvalue weighted by Gasteiger charge is -2.16. The molecule has 134 valence electrons. The molecule has 7 rings (SSSR count). The van der Waals surface area contributed by atoms with Gasteiger partial charge in [-0.1, -0.05) is 30.3 Å². The number of para-hydroxylation sites is 2. The minimum Gasteiger partial charge on any atom is -0.353 e. The zero-order valence-corrected chi connectivity index (χ0v) is 15.4. The van der Waals surface area contributed by atoms with Gasteiger partial charge in [-0.15, -0.1) is 11.8 Å². The maximum Gasteiger partial charge on any atom is 0.259 e. The third-order valence-corrected chi connectivity index (χ3v) is 7.02. The minimum atomic E-state index is -0.307. The highest BCUT2D eigenvalue weighted by Gasteiger charge is 2.36. The number of benzene rings is 3. The Hall–Kier alpha value is -3.25. The van der Waals surface area contributed by atoms with E-state index in [2.05, 4.69) is 27.0 Å². The molecule has 0 saturated carbocycles. The van der Waals surface area contributed by atoms with Gasteiger partial charge in [0.05, 0.1) is 27.7 Å². The molecule has 0 atom stereocenters. The first kappa shape index (κ1) is 14.8. The van der Waals surface area contributed by atoms with Crippen molar-refractivity contribution >= 4 is 67.2 Å². The number of imide groups is 1. The van der Waals surface area contributed by atoms with Crippen LogP contribution in [0.4, 0.5) is 0 Å². The number of hydrogen-bond acceptors (Lipinski definition) is 3. The molecule has 2 aromatic heterocycles. The third-order valence-electron chi connectivity index (χ3n) is 5.99. The molecule has 6 heteroatoms. The molecule has 0 fully saturated rings. The first-order valence-corrected chi connectivity index (χ1v) is 10.2. The largest absolute Gasteiger partial charge is 0.353 e. The van der Waals surface area contributed by atoms with Gasteiger partial charge in [-0.2, -0.15) is 0 Å². The molecular formula is C22H13N3O2S. The summed E-state index contributed by atoms with van der Waals surface area (Å²) in [4.78, 5) is 30.5. The summed E-state index contributed by atoms with van der Waals surface area (Å²) in [7, 11) is 0. The Morgan fingerprint density at radius 3 is 2.54 bits per heavy atom. The predicted octanol–water partition coefficient (Wildman–Crippen LogP) is 4.42. The van der Waals surface area contributed by atoms with Crippen molar-refractivity contribution in [2.24, 2.45) is 0 Å². The normalized spacial score (nSPS) is 15.9. The van der Waals surface area contributed by atoms with Crippen molar-refractivity contribution < 1.29 is 9.59 Å². The lowest BCUT2D eigenvalue weighted by Crippen LogP contribution is -2.20. The van der Waals surface area contributed by atoms with Crippen LogP contribution in [-0.2, 0) is 6.54 Å². The summed E-state index contributed by atoms with van der Waals surface area (Å²) < 4.78 is 2.32. The average molecular weight is 383 g/mol. The van der Waals surface area contributed by atoms with Crippen LogP contribution in [0.3, 0.4) is 0 Å². The molecule has 0 spiro atoms. The van der Waals surface area contributed by atoms with Gasteiger partial charge in [0.2, 0.25) is 0 Å². The number of rotatable bonds is 0. The molecule has 2 aliphatic rings. The number of fused-ring (bicyclic) bond motifs is 10. The number of H-pyrrole nitrogens is 1. The van der Waals surface area contributed by atoms with Crippen LogP contribution < -0.4 is 5.32 Å². The van der Waals surface area contributed by atoms with Crippen molar-refractivity contribution in [1.29, 1.82) is 0 Å². The molecule has 2 amide bonds. The maximum absolute atomic E-state index is 12.9. The number of carbonyl (C=O) groups is 2. The molecule has 0 saturated heterocycles. The Morgan fingerprint density at radius 2 is 1.64 bits per heavy atom. The molecule has 0 aliphatic carbocycles. The molecule has 28 heavy (non-hydrogen) atoms. The van der Waals surface area contributed by atoms with Crippen molar-refractivity contribution in [3.05, 3.63) is 53.6 Å². The Balaban J connectivity index is 1.90. The van der Waals surface area contributed by atoms with E-state index in [-0.39, 0.29) is 11.8 Å². The number of thioether (sulfide) groups is 1. The number of nitrogens with zero attached hydrogens (tertiary/aromatic N) is 1. The van der Waals surface area contributed by atoms with E-state index in [1.807, 2.05) is 42.1 Å². The predicted molar refractivity (Wildman–Crippen MR) is 111 cm³/mol. The van der Waals surface area contributed by atoms with E-state index in [0.717, 1.165) is 55.9 Å². The van der Waals surface area contributed by atoms with Gasteiger partial charge in [0.25, 0.3) is 11.8 Å². The summed E-state index contributed by atoms with van der Waals surface area (Å²) in [5, 5.41) is 6.29. The van der Waals surface area contributed by atoms with E-state index < -0.39 is 0 Å². The smallest absolute Gasteiger partial charge is 0.259 e. The summed E-state index contributed by atoms with van der Waals surface area (Å²) in [6.07, 6.45) is 0. The fourth-order valence-electron chi connectivity index (χ4n) is 4.99. The summed E-state index contributed by atoms with van der Waals surface area (Å²) in [6, 6.07) is 14.2. The molecule has 0 radical (unpaired) electrons. The molecule has 2 N–H and O–H groups in total. The average Bonchev–Trinajstić information content (AvgIpc) is 3.34. The van der Waals surface area contributed by atoms with Crippen molar-refractivity contribution in [3.63, 3.8) is 0 Å². The molecule has 5 aromatic rings. The van der Waals surface area contributed by atoms with E-state index in [9.17, 15) is 9.59 Å². The van der Waals surface area contributed by atoms with E-state index in [1.54, 1.807) is 0 Å². The number of amides is 2. The van der Waals surface area contributed by atoms with Crippen molar-refractivity contribution in [3.8, 4) is 0 Å². The second-order valence-corrected chi connectivity index (χ2v) is 8.47. The van der Waals surface area contributed by atoms with Crippen LogP contribution in [0.2, 0.25) is 0 Å². The molecule has 3 aromatic carbocycles. The lowest BCUT2D eigenvalue weighted by atomic mass is 9.97. The highest BCUT2D eigenvalue weighted by atomic mass is 32.2. The fourth-order valence-corrected chi connectivity index (χ4v) is 6.01. The SMILES string of the molecule is O=C1NC(=O)c2c1c1c3ccccc3[nH]c1c1c2c2cccc3c2n1CCS3. The first-order valence-electron chi connectivity index (χ1n) is 9.24. The second-order valence-electron chi connectivity index (χ2n) is 7.33. The Labute approximate surface area is 162 Å². The molecule has 4 heterocycles. The number of aromatic nitrogens is 2. The fraction of sp³-hybridized carbons (Fsp3) is 0.0909. The zero-order chi connectivity index (χ0) is 18.6. The molecular weight excluding hydrogens is 370 g/mol. The Bertz CT molecular complexity index is 1560. The van der Waals surface area contributed by atoms with Gasteiger partial charge in [0.1, 0.15) is 0 Å². The van der Waals surface area contributed by atoms with Gasteiger partial charge in [0, 0.05) is 44.3 Å². The third kappa shape index (κ3) is 1.53. The van der Waals surface area contributed by atoms with Gasteiger partial charge in [0.15, 0.2) is 0 Å². The van der Waals surface area contributed by atoms with Crippen LogP contribution in [0.15, 0.2) is 47.4 Å². The monoisotopic (exact) mass is 383 g/mol. The van der Waals surface area contributed by atoms with Gasteiger partial charge in [-0.25, -0.2) is 0 Å². The standard InChI is InChI=1S/C22H13N3O2S/c26-21-16-14-10-4-1-2-6-12(10)23-18(14)20-15(17(16)22(27)24-21)11-5-3-7-13-19(11)25(20)8-9-28-13/h1-7,23H,8-9H2,(H,24,26,27). The van der Waals surface area contributed by atoms with Crippen molar-refractivity contribution in [1.82, 2.24) is 14.9 Å². The maximum atomic E-state index is 12.9. The first-order chi connectivity index (χ1) is 13.7. The second kappa shape index (κ2) is 4.77. The van der Waals surface area contributed by atoms with Crippen LogP contribution in [0.1, 0.15) is 20.7 Å². The number of nitrogens with one attached hydrogen (secondary N) is 2. The minimum absolute atomic E-state index is 0.298. The van der Waals surface area contributed by atoms with E-state index in [1.165, 1.54) is 4.90 Å². The zero-order valence-electron chi connectivity index (χ0n) is 14.6. The van der Waals surface area contributed by atoms with Crippen molar-refractivity contribution in [2.75, 3.05) is 5.75 Å². The molecule has 0 bridgehead atoms. The Kier molecular flexibility index (Phi) is 2.52. The van der Waals surface area contributed by atoms with Crippen LogP contribution >= 0.6 is 11.8 Å². The van der Waals surface area contributed by atoms with Crippen LogP contribution in [0.25, 0.3) is 43.6 Å². The lowest BCUT2D eigenvalue weighted by molar-refractivity contribution is 0.0880.